The second-order valence-electron chi connectivity index (χ2n) is 7.39. The Kier molecular flexibility index (Phi) is 6.91. The summed E-state index contributed by atoms with van der Waals surface area (Å²) < 4.78 is 41.0. The number of hydrogen-bond donors (Lipinski definition) is 1. The maximum Gasteiger partial charge on any atom is 0.242 e. The van der Waals surface area contributed by atoms with Crippen molar-refractivity contribution in [3.05, 3.63) is 59.7 Å². The average molecular weight is 458 g/mol. The van der Waals surface area contributed by atoms with Crippen LogP contribution in [0.25, 0.3) is 11.0 Å². The van der Waals surface area contributed by atoms with Gasteiger partial charge in [-0.3, -0.25) is 4.79 Å². The van der Waals surface area contributed by atoms with Crippen molar-refractivity contribution in [2.24, 2.45) is 0 Å². The highest BCUT2D eigenvalue weighted by molar-refractivity contribution is 7.89. The Hall–Kier alpha value is -3.29. The smallest absolute Gasteiger partial charge is 0.242 e. The van der Waals surface area contributed by atoms with Gasteiger partial charge in [-0.2, -0.15) is 5.26 Å². The van der Waals surface area contributed by atoms with Crippen molar-refractivity contribution < 1.29 is 17.6 Å². The minimum absolute atomic E-state index is 0.0888. The summed E-state index contributed by atoms with van der Waals surface area (Å²) in [4.78, 5) is 17.1. The van der Waals surface area contributed by atoms with Crippen molar-refractivity contribution >= 4 is 27.0 Å². The van der Waals surface area contributed by atoms with Crippen LogP contribution in [0, 0.1) is 17.1 Å². The zero-order chi connectivity index (χ0) is 23.5. The number of aryl methyl sites for hydroxylation is 2. The van der Waals surface area contributed by atoms with E-state index in [-0.39, 0.29) is 17.2 Å². The fraction of sp³-hybridized carbons (Fsp3) is 0.318. The highest BCUT2D eigenvalue weighted by atomic mass is 32.2. The molecule has 0 spiro atoms. The lowest BCUT2D eigenvalue weighted by Gasteiger charge is -2.12. The van der Waals surface area contributed by atoms with Crippen LogP contribution in [0.5, 0.6) is 0 Å². The molecule has 0 aliphatic rings. The van der Waals surface area contributed by atoms with Crippen LogP contribution in [-0.2, 0) is 27.8 Å². The Labute approximate surface area is 186 Å². The van der Waals surface area contributed by atoms with Crippen LogP contribution >= 0.6 is 0 Å². The summed E-state index contributed by atoms with van der Waals surface area (Å²) in [6.07, 6.45) is 0.400. The lowest BCUT2D eigenvalue weighted by molar-refractivity contribution is -0.121. The fourth-order valence-electron chi connectivity index (χ4n) is 3.38. The Bertz CT molecular complexity index is 1280. The normalized spacial score (nSPS) is 12.6. The van der Waals surface area contributed by atoms with E-state index in [1.54, 1.807) is 12.1 Å². The van der Waals surface area contributed by atoms with Gasteiger partial charge in [-0.05, 0) is 42.8 Å². The topological polar surface area (TPSA) is 108 Å². The SMILES string of the molecule is CCn1c(CCC(=O)NC(C#N)c2ccc(F)cc2)nc2cc(S(=O)(=O)N(C)C)ccc21. The maximum atomic E-state index is 13.1. The van der Waals surface area contributed by atoms with Crippen molar-refractivity contribution in [2.45, 2.75) is 37.2 Å². The summed E-state index contributed by atoms with van der Waals surface area (Å²) in [5.74, 6) is -0.115. The van der Waals surface area contributed by atoms with Gasteiger partial charge in [0, 0.05) is 33.5 Å². The Morgan fingerprint density at radius 1 is 1.25 bits per heavy atom. The number of halogens is 1. The first kappa shape index (κ1) is 23.4. The summed E-state index contributed by atoms with van der Waals surface area (Å²) in [6, 6.07) is 11.3. The minimum Gasteiger partial charge on any atom is -0.337 e. The lowest BCUT2D eigenvalue weighted by Crippen LogP contribution is -2.28. The van der Waals surface area contributed by atoms with Crippen molar-refractivity contribution in [1.29, 1.82) is 5.26 Å². The van der Waals surface area contributed by atoms with Crippen LogP contribution in [0.4, 0.5) is 4.39 Å². The van der Waals surface area contributed by atoms with E-state index in [4.69, 9.17) is 0 Å². The van der Waals surface area contributed by atoms with Crippen molar-refractivity contribution in [2.75, 3.05) is 14.1 Å². The number of benzene rings is 2. The first-order valence-corrected chi connectivity index (χ1v) is 11.5. The molecule has 10 heteroatoms. The standard InChI is InChI=1S/C22H24FN5O3S/c1-4-28-20-10-9-17(32(30,31)27(2)3)13-18(20)25-21(28)11-12-22(29)26-19(14-24)15-5-7-16(23)8-6-15/h5-10,13,19H,4,11-12H2,1-3H3,(H,26,29). The minimum atomic E-state index is -3.58. The van der Waals surface area contributed by atoms with Gasteiger partial charge >= 0.3 is 0 Å². The summed E-state index contributed by atoms with van der Waals surface area (Å²) in [6.45, 7) is 2.54. The van der Waals surface area contributed by atoms with E-state index >= 15 is 0 Å². The molecule has 0 radical (unpaired) electrons. The fourth-order valence-corrected chi connectivity index (χ4v) is 4.30. The van der Waals surface area contributed by atoms with Crippen LogP contribution in [0.3, 0.4) is 0 Å². The first-order valence-electron chi connectivity index (χ1n) is 10.0. The molecule has 168 valence electrons. The number of carbonyl (C=O) groups is 1. The molecular weight excluding hydrogens is 433 g/mol. The first-order chi connectivity index (χ1) is 15.2. The second kappa shape index (κ2) is 9.46. The second-order valence-corrected chi connectivity index (χ2v) is 9.54. The molecule has 0 aliphatic heterocycles. The monoisotopic (exact) mass is 457 g/mol. The predicted octanol–water partition coefficient (Wildman–Crippen LogP) is 2.76. The van der Waals surface area contributed by atoms with E-state index in [0.717, 1.165) is 9.82 Å². The number of rotatable bonds is 8. The van der Waals surface area contributed by atoms with Gasteiger partial charge in [0.1, 0.15) is 17.7 Å². The van der Waals surface area contributed by atoms with Crippen molar-refractivity contribution in [1.82, 2.24) is 19.2 Å². The molecule has 8 nitrogen and oxygen atoms in total. The molecule has 0 saturated carbocycles. The summed E-state index contributed by atoms with van der Waals surface area (Å²) in [7, 11) is -0.650. The molecule has 1 amide bonds. The largest absolute Gasteiger partial charge is 0.337 e. The van der Waals surface area contributed by atoms with E-state index in [1.807, 2.05) is 17.6 Å². The molecule has 1 atom stereocenters. The molecule has 0 fully saturated rings. The molecule has 3 rings (SSSR count). The highest BCUT2D eigenvalue weighted by Crippen LogP contribution is 2.23. The number of carbonyl (C=O) groups excluding carboxylic acids is 1. The van der Waals surface area contributed by atoms with Crippen LogP contribution in [-0.4, -0.2) is 42.3 Å². The van der Waals surface area contributed by atoms with E-state index < -0.39 is 21.9 Å². The molecule has 2 aromatic carbocycles. The molecule has 0 saturated heterocycles. The number of fused-ring (bicyclic) bond motifs is 1. The van der Waals surface area contributed by atoms with Crippen LogP contribution in [0.1, 0.15) is 30.8 Å². The highest BCUT2D eigenvalue weighted by Gasteiger charge is 2.20. The Morgan fingerprint density at radius 2 is 1.94 bits per heavy atom. The van der Waals surface area contributed by atoms with Gasteiger partial charge < -0.3 is 9.88 Å². The molecular formula is C22H24FN5O3S. The van der Waals surface area contributed by atoms with Crippen LogP contribution in [0.2, 0.25) is 0 Å². The van der Waals surface area contributed by atoms with Crippen LogP contribution in [0.15, 0.2) is 47.4 Å². The van der Waals surface area contributed by atoms with E-state index in [2.05, 4.69) is 10.3 Å². The number of nitrogens with zero attached hydrogens (tertiary/aromatic N) is 4. The molecule has 1 heterocycles. The number of sulfonamides is 1. The number of nitriles is 1. The summed E-state index contributed by atoms with van der Waals surface area (Å²) in [5, 5.41) is 12.0. The number of hydrogen-bond acceptors (Lipinski definition) is 5. The summed E-state index contributed by atoms with van der Waals surface area (Å²) >= 11 is 0. The van der Waals surface area contributed by atoms with E-state index in [9.17, 15) is 22.9 Å². The van der Waals surface area contributed by atoms with Crippen molar-refractivity contribution in [3.8, 4) is 6.07 Å². The summed E-state index contributed by atoms with van der Waals surface area (Å²) in [5.41, 5.74) is 1.81. The van der Waals surface area contributed by atoms with E-state index in [0.29, 0.717) is 29.9 Å². The molecule has 1 N–H and O–H groups in total. The third-order valence-corrected chi connectivity index (χ3v) is 6.92. The predicted molar refractivity (Wildman–Crippen MR) is 117 cm³/mol. The average Bonchev–Trinajstić information content (AvgIpc) is 3.13. The quantitative estimate of drug-likeness (QED) is 0.560. The van der Waals surface area contributed by atoms with E-state index in [1.165, 1.54) is 44.4 Å². The maximum absolute atomic E-state index is 13.1. The van der Waals surface area contributed by atoms with Gasteiger partial charge in [0.05, 0.1) is 22.0 Å². The van der Waals surface area contributed by atoms with Gasteiger partial charge in [-0.25, -0.2) is 22.1 Å². The molecule has 1 aromatic heterocycles. The molecule has 1 unspecified atom stereocenters. The number of nitrogens with one attached hydrogen (secondary N) is 1. The van der Waals surface area contributed by atoms with Gasteiger partial charge in [0.25, 0.3) is 0 Å². The Balaban J connectivity index is 1.77. The molecule has 0 bridgehead atoms. The molecule has 3 aromatic rings. The molecule has 32 heavy (non-hydrogen) atoms. The number of aromatic nitrogens is 2. The van der Waals surface area contributed by atoms with Crippen molar-refractivity contribution in [3.63, 3.8) is 0 Å². The lowest BCUT2D eigenvalue weighted by atomic mass is 10.1. The van der Waals surface area contributed by atoms with Gasteiger partial charge in [0.2, 0.25) is 15.9 Å². The van der Waals surface area contributed by atoms with Gasteiger partial charge in [0.15, 0.2) is 0 Å². The van der Waals surface area contributed by atoms with Gasteiger partial charge in [-0.1, -0.05) is 12.1 Å². The third-order valence-electron chi connectivity index (χ3n) is 5.11. The zero-order valence-electron chi connectivity index (χ0n) is 18.0. The number of amides is 1. The Morgan fingerprint density at radius 3 is 2.53 bits per heavy atom. The van der Waals surface area contributed by atoms with Crippen LogP contribution < -0.4 is 5.32 Å². The third kappa shape index (κ3) is 4.79. The number of imidazole rings is 1. The zero-order valence-corrected chi connectivity index (χ0v) is 18.9. The molecule has 0 aliphatic carbocycles. The van der Waals surface area contributed by atoms with Gasteiger partial charge in [-0.15, -0.1) is 0 Å².